The van der Waals surface area contributed by atoms with E-state index in [0.717, 1.165) is 5.92 Å². The molecule has 0 saturated carbocycles. The molecule has 13 heavy (non-hydrogen) atoms. The molecule has 0 rings (SSSR count). The van der Waals surface area contributed by atoms with E-state index in [1.54, 1.807) is 5.57 Å². The maximum Gasteiger partial charge on any atom is -0.0295 e. The molecule has 0 aliphatic carbocycles. The third-order valence-corrected chi connectivity index (χ3v) is 1.91. The maximum atomic E-state index is 2.29. The fraction of sp³-hybridized carbons (Fsp3) is 0.846. The number of hydrogen-bond acceptors (Lipinski definition) is 0. The number of allylic oxidation sites excluding steroid dienone is 2. The van der Waals surface area contributed by atoms with Gasteiger partial charge in [0.1, 0.15) is 0 Å². The van der Waals surface area contributed by atoms with Gasteiger partial charge >= 0.3 is 0 Å². The third kappa shape index (κ3) is 9.66. The molecular weight excluding hydrogens is 156 g/mol. The van der Waals surface area contributed by atoms with Crippen LogP contribution >= 0.6 is 0 Å². The van der Waals surface area contributed by atoms with E-state index < -0.39 is 0 Å². The highest BCUT2D eigenvalue weighted by Crippen LogP contribution is 2.19. The van der Waals surface area contributed by atoms with Crippen molar-refractivity contribution in [3.63, 3.8) is 0 Å². The Kier molecular flexibility index (Phi) is 11.5. The van der Waals surface area contributed by atoms with E-state index in [2.05, 4.69) is 34.6 Å². The minimum Gasteiger partial charge on any atom is -0.0772 e. The summed E-state index contributed by atoms with van der Waals surface area (Å²) in [6, 6.07) is 0. The summed E-state index contributed by atoms with van der Waals surface area (Å²) in [5.41, 5.74) is 3.20. The molecule has 0 aliphatic heterocycles. The van der Waals surface area contributed by atoms with Gasteiger partial charge in [-0.15, -0.1) is 0 Å². The van der Waals surface area contributed by atoms with E-state index in [4.69, 9.17) is 0 Å². The second-order valence-corrected chi connectivity index (χ2v) is 3.95. The smallest absolute Gasteiger partial charge is 0.0295 e. The lowest BCUT2D eigenvalue weighted by molar-refractivity contribution is 0.616. The summed E-state index contributed by atoms with van der Waals surface area (Å²) in [7, 11) is 0. The first-order chi connectivity index (χ1) is 6.07. The molecule has 0 unspecified atom stereocenters. The summed E-state index contributed by atoms with van der Waals surface area (Å²) in [4.78, 5) is 0. The molecule has 0 aromatic heterocycles. The topological polar surface area (TPSA) is 0 Å². The molecule has 0 nitrogen and oxygen atoms in total. The van der Waals surface area contributed by atoms with Gasteiger partial charge in [0.25, 0.3) is 0 Å². The molecule has 0 N–H and O–H groups in total. The molecule has 0 spiro atoms. The lowest BCUT2D eigenvalue weighted by atomic mass is 9.96. The van der Waals surface area contributed by atoms with E-state index in [-0.39, 0.29) is 0 Å². The average Bonchev–Trinajstić information content (AvgIpc) is 2.06. The highest BCUT2D eigenvalue weighted by molar-refractivity contribution is 5.09. The lowest BCUT2D eigenvalue weighted by Gasteiger charge is -2.11. The molecule has 0 aromatic carbocycles. The Morgan fingerprint density at radius 2 is 1.54 bits per heavy atom. The van der Waals surface area contributed by atoms with Gasteiger partial charge in [0.15, 0.2) is 0 Å². The average molecular weight is 184 g/mol. The Morgan fingerprint density at radius 3 is 1.77 bits per heavy atom. The van der Waals surface area contributed by atoms with Gasteiger partial charge in [-0.1, -0.05) is 52.2 Å². The van der Waals surface area contributed by atoms with Gasteiger partial charge < -0.3 is 0 Å². The summed E-state index contributed by atoms with van der Waals surface area (Å²) in [6.45, 7) is 15.3. The van der Waals surface area contributed by atoms with E-state index in [1.165, 1.54) is 24.8 Å². The van der Waals surface area contributed by atoms with Crippen molar-refractivity contribution in [1.82, 2.24) is 0 Å². The Labute approximate surface area is 85.4 Å². The number of hydrogen-bond donors (Lipinski definition) is 0. The predicted octanol–water partition coefficient (Wildman–Crippen LogP) is 5.20. The highest BCUT2D eigenvalue weighted by atomic mass is 14.1. The van der Waals surface area contributed by atoms with Crippen LogP contribution < -0.4 is 0 Å². The Hall–Kier alpha value is -0.260. The summed E-state index contributed by atoms with van der Waals surface area (Å²) in [5.74, 6) is 0.812. The Morgan fingerprint density at radius 1 is 1.08 bits per heavy atom. The van der Waals surface area contributed by atoms with E-state index in [0.29, 0.717) is 0 Å². The van der Waals surface area contributed by atoms with Crippen LogP contribution in [0.15, 0.2) is 11.1 Å². The standard InChI is InChI=1S/C11H22.C2H6/c1-6-7-11(10(4)5)8-9(2)3;1-2/h9H,6-8H2,1-5H3;1-2H3. The van der Waals surface area contributed by atoms with Crippen LogP contribution in [0.2, 0.25) is 0 Å². The van der Waals surface area contributed by atoms with Gasteiger partial charge in [-0.3, -0.25) is 0 Å². The summed E-state index contributed by atoms with van der Waals surface area (Å²) in [5, 5.41) is 0. The zero-order valence-electron chi connectivity index (χ0n) is 10.7. The monoisotopic (exact) mass is 184 g/mol. The van der Waals surface area contributed by atoms with Crippen LogP contribution in [-0.4, -0.2) is 0 Å². The van der Waals surface area contributed by atoms with Gasteiger partial charge in [-0.05, 0) is 32.6 Å². The van der Waals surface area contributed by atoms with Crippen LogP contribution in [0.4, 0.5) is 0 Å². The molecule has 0 fully saturated rings. The van der Waals surface area contributed by atoms with E-state index in [1.807, 2.05) is 13.8 Å². The van der Waals surface area contributed by atoms with Gasteiger partial charge in [0, 0.05) is 0 Å². The number of rotatable bonds is 4. The van der Waals surface area contributed by atoms with Crippen LogP contribution in [-0.2, 0) is 0 Å². The fourth-order valence-corrected chi connectivity index (χ4v) is 1.35. The Bertz CT molecular complexity index is 125. The van der Waals surface area contributed by atoms with Crippen LogP contribution in [0.1, 0.15) is 67.7 Å². The zero-order valence-corrected chi connectivity index (χ0v) is 10.7. The first kappa shape index (κ1) is 15.2. The summed E-state index contributed by atoms with van der Waals surface area (Å²) < 4.78 is 0. The van der Waals surface area contributed by atoms with Crippen LogP contribution in [0.5, 0.6) is 0 Å². The molecular formula is C13H28. The van der Waals surface area contributed by atoms with Crippen molar-refractivity contribution in [2.45, 2.75) is 67.7 Å². The largest absolute Gasteiger partial charge is 0.0772 e. The van der Waals surface area contributed by atoms with E-state index >= 15 is 0 Å². The molecule has 0 amide bonds. The molecule has 0 heterocycles. The van der Waals surface area contributed by atoms with Crippen molar-refractivity contribution < 1.29 is 0 Å². The molecule has 80 valence electrons. The maximum absolute atomic E-state index is 2.29. The van der Waals surface area contributed by atoms with Gasteiger partial charge in [-0.2, -0.15) is 0 Å². The molecule has 0 atom stereocenters. The van der Waals surface area contributed by atoms with Crippen LogP contribution in [0.3, 0.4) is 0 Å². The van der Waals surface area contributed by atoms with Gasteiger partial charge in [0.2, 0.25) is 0 Å². The normalized spacial score (nSPS) is 9.23. The zero-order chi connectivity index (χ0) is 10.9. The molecule has 0 bridgehead atoms. The molecule has 0 aromatic rings. The second-order valence-electron chi connectivity index (χ2n) is 3.95. The van der Waals surface area contributed by atoms with Crippen LogP contribution in [0.25, 0.3) is 0 Å². The second kappa shape index (κ2) is 9.83. The van der Waals surface area contributed by atoms with Crippen molar-refractivity contribution in [2.75, 3.05) is 0 Å². The molecule has 0 aliphatic rings. The molecule has 0 radical (unpaired) electrons. The lowest BCUT2D eigenvalue weighted by Crippen LogP contribution is -1.93. The minimum absolute atomic E-state index is 0.812. The van der Waals surface area contributed by atoms with Gasteiger partial charge in [-0.25, -0.2) is 0 Å². The van der Waals surface area contributed by atoms with Crippen molar-refractivity contribution in [3.05, 3.63) is 11.1 Å². The quantitative estimate of drug-likeness (QED) is 0.527. The molecule has 0 saturated heterocycles. The van der Waals surface area contributed by atoms with Crippen molar-refractivity contribution in [2.24, 2.45) is 5.92 Å². The first-order valence-corrected chi connectivity index (χ1v) is 5.73. The summed E-state index contributed by atoms with van der Waals surface area (Å²) in [6.07, 6.45) is 3.86. The fourth-order valence-electron chi connectivity index (χ4n) is 1.35. The van der Waals surface area contributed by atoms with Gasteiger partial charge in [0.05, 0.1) is 0 Å². The highest BCUT2D eigenvalue weighted by Gasteiger charge is 2.01. The SMILES string of the molecule is CC.CCCC(CC(C)C)=C(C)C. The first-order valence-electron chi connectivity index (χ1n) is 5.73. The minimum atomic E-state index is 0.812. The van der Waals surface area contributed by atoms with Crippen molar-refractivity contribution >= 4 is 0 Å². The van der Waals surface area contributed by atoms with Crippen LogP contribution in [0, 0.1) is 5.92 Å². The van der Waals surface area contributed by atoms with Crippen molar-refractivity contribution in [1.29, 1.82) is 0 Å². The predicted molar refractivity (Wildman–Crippen MR) is 64.1 cm³/mol. The summed E-state index contributed by atoms with van der Waals surface area (Å²) >= 11 is 0. The third-order valence-electron chi connectivity index (χ3n) is 1.91. The molecule has 0 heteroatoms. The Balaban J connectivity index is 0. The van der Waals surface area contributed by atoms with E-state index in [9.17, 15) is 0 Å². The van der Waals surface area contributed by atoms with Crippen molar-refractivity contribution in [3.8, 4) is 0 Å².